The lowest BCUT2D eigenvalue weighted by molar-refractivity contribution is -0.384. The topological polar surface area (TPSA) is 103 Å². The van der Waals surface area contributed by atoms with Crippen LogP contribution in [0.3, 0.4) is 0 Å². The van der Waals surface area contributed by atoms with Crippen LogP contribution in [0.15, 0.2) is 84.0 Å². The third-order valence-electron chi connectivity index (χ3n) is 3.96. The van der Waals surface area contributed by atoms with Crippen LogP contribution in [0.5, 0.6) is 5.75 Å². The predicted octanol–water partition coefficient (Wildman–Crippen LogP) is 4.97. The summed E-state index contributed by atoms with van der Waals surface area (Å²) < 4.78 is 24.3. The number of anilines is 1. The Morgan fingerprint density at radius 3 is 2.30 bits per heavy atom. The van der Waals surface area contributed by atoms with E-state index in [-0.39, 0.29) is 12.3 Å². The molecule has 9 heteroatoms. The highest BCUT2D eigenvalue weighted by Crippen LogP contribution is 2.47. The summed E-state index contributed by atoms with van der Waals surface area (Å²) in [4.78, 5) is 10.2. The van der Waals surface area contributed by atoms with Crippen molar-refractivity contribution in [1.29, 1.82) is 0 Å². The number of hydrogen-bond acceptors (Lipinski definition) is 7. The van der Waals surface area contributed by atoms with E-state index in [0.29, 0.717) is 16.7 Å². The summed E-state index contributed by atoms with van der Waals surface area (Å²) in [6.07, 6.45) is 1.59. The summed E-state index contributed by atoms with van der Waals surface area (Å²) in [5, 5.41) is 15.3. The Balaban J connectivity index is 1.64. The molecule has 1 N–H and O–H groups in total. The molecule has 30 heavy (non-hydrogen) atoms. The van der Waals surface area contributed by atoms with Crippen LogP contribution >= 0.6 is 7.60 Å². The van der Waals surface area contributed by atoms with Crippen LogP contribution in [0.1, 0.15) is 12.5 Å². The summed E-state index contributed by atoms with van der Waals surface area (Å²) in [5.74, 6) is 0.413. The van der Waals surface area contributed by atoms with Crippen molar-refractivity contribution in [3.63, 3.8) is 0 Å². The average molecular weight is 425 g/mol. The Bertz CT molecular complexity index is 1050. The van der Waals surface area contributed by atoms with E-state index in [1.54, 1.807) is 73.8 Å². The highest BCUT2D eigenvalue weighted by molar-refractivity contribution is 7.62. The van der Waals surface area contributed by atoms with E-state index in [4.69, 9.17) is 9.05 Å². The minimum absolute atomic E-state index is 0.0139. The third kappa shape index (κ3) is 5.53. The quantitative estimate of drug-likeness (QED) is 0.225. The summed E-state index contributed by atoms with van der Waals surface area (Å²) in [7, 11) is -3.48. The number of non-ortho nitro benzene ring substituents is 1. The van der Waals surface area contributed by atoms with Gasteiger partial charge in [-0.2, -0.15) is 5.10 Å². The molecule has 3 rings (SSSR count). The molecule has 3 aromatic rings. The second-order valence-corrected chi connectivity index (χ2v) is 8.04. The minimum Gasteiger partial charge on any atom is -0.421 e. The van der Waals surface area contributed by atoms with E-state index in [0.717, 1.165) is 5.56 Å². The zero-order valence-electron chi connectivity index (χ0n) is 16.2. The van der Waals surface area contributed by atoms with Gasteiger partial charge >= 0.3 is 7.60 Å². The molecule has 1 atom stereocenters. The van der Waals surface area contributed by atoms with E-state index < -0.39 is 12.5 Å². The zero-order valence-corrected chi connectivity index (χ0v) is 17.1. The number of nitro benzene ring substituents is 1. The Hall–Kier alpha value is -3.48. The van der Waals surface area contributed by atoms with Crippen LogP contribution < -0.4 is 15.3 Å². The van der Waals surface area contributed by atoms with Gasteiger partial charge < -0.3 is 4.52 Å². The van der Waals surface area contributed by atoms with Gasteiger partial charge in [0, 0.05) is 12.1 Å². The van der Waals surface area contributed by atoms with Gasteiger partial charge in [0.25, 0.3) is 5.69 Å². The standard InChI is InChI=1S/C21H20N3O5P/c1-2-28-30(27,21-6-4-3-5-7-21)29-20-14-8-17(9-15-20)16-22-23-18-10-12-19(13-11-18)24(25)26/h3-16,23H,2H2,1H3/b22-16+. The van der Waals surface area contributed by atoms with Gasteiger partial charge in [-0.1, -0.05) is 18.2 Å². The first-order valence-electron chi connectivity index (χ1n) is 9.13. The van der Waals surface area contributed by atoms with Crippen LogP contribution in [-0.2, 0) is 9.09 Å². The minimum atomic E-state index is -3.48. The highest BCUT2D eigenvalue weighted by atomic mass is 31.2. The fourth-order valence-corrected chi connectivity index (χ4v) is 4.11. The van der Waals surface area contributed by atoms with Crippen LogP contribution in [0, 0.1) is 10.1 Å². The molecule has 0 bridgehead atoms. The van der Waals surface area contributed by atoms with E-state index in [9.17, 15) is 14.7 Å². The number of hydrogen-bond donors (Lipinski definition) is 1. The lowest BCUT2D eigenvalue weighted by atomic mass is 10.2. The van der Waals surface area contributed by atoms with Gasteiger partial charge in [-0.15, -0.1) is 0 Å². The zero-order chi connectivity index (χ0) is 21.4. The second kappa shape index (κ2) is 9.82. The van der Waals surface area contributed by atoms with Crippen molar-refractivity contribution < 1.29 is 18.5 Å². The molecule has 0 fully saturated rings. The van der Waals surface area contributed by atoms with E-state index in [1.807, 2.05) is 6.07 Å². The average Bonchev–Trinajstić information content (AvgIpc) is 2.76. The summed E-state index contributed by atoms with van der Waals surface area (Å²) in [6, 6.07) is 21.6. The Labute approximate surface area is 173 Å². The van der Waals surface area contributed by atoms with Crippen LogP contribution in [0.25, 0.3) is 0 Å². The van der Waals surface area contributed by atoms with Crippen molar-refractivity contribution in [2.45, 2.75) is 6.92 Å². The van der Waals surface area contributed by atoms with Crippen molar-refractivity contribution in [2.24, 2.45) is 5.10 Å². The predicted molar refractivity (Wildman–Crippen MR) is 117 cm³/mol. The molecule has 0 amide bonds. The Kier molecular flexibility index (Phi) is 6.95. The maximum Gasteiger partial charge on any atom is 0.410 e. The van der Waals surface area contributed by atoms with Crippen molar-refractivity contribution in [1.82, 2.24) is 0 Å². The van der Waals surface area contributed by atoms with Gasteiger partial charge in [0.15, 0.2) is 0 Å². The molecule has 0 saturated carbocycles. The second-order valence-electron chi connectivity index (χ2n) is 6.09. The normalized spacial score (nSPS) is 13.0. The van der Waals surface area contributed by atoms with Crippen molar-refractivity contribution in [2.75, 3.05) is 12.0 Å². The first-order valence-corrected chi connectivity index (χ1v) is 10.7. The number of nitrogens with one attached hydrogen (secondary N) is 1. The maximum absolute atomic E-state index is 13.1. The van der Waals surface area contributed by atoms with Gasteiger partial charge in [0.2, 0.25) is 0 Å². The van der Waals surface area contributed by atoms with Crippen LogP contribution in [0.2, 0.25) is 0 Å². The SMILES string of the molecule is CCOP(=O)(Oc1ccc(/C=N/Nc2ccc([N+](=O)[O-])cc2)cc1)c1ccccc1. The lowest BCUT2D eigenvalue weighted by Crippen LogP contribution is -2.12. The van der Waals surface area contributed by atoms with Crippen molar-refractivity contribution in [3.8, 4) is 5.75 Å². The van der Waals surface area contributed by atoms with E-state index >= 15 is 0 Å². The number of nitro groups is 1. The van der Waals surface area contributed by atoms with Gasteiger partial charge in [-0.3, -0.25) is 20.1 Å². The number of hydrazone groups is 1. The van der Waals surface area contributed by atoms with Gasteiger partial charge in [0.1, 0.15) is 5.75 Å². The lowest BCUT2D eigenvalue weighted by Gasteiger charge is -2.18. The monoisotopic (exact) mass is 425 g/mol. The van der Waals surface area contributed by atoms with Crippen molar-refractivity contribution >= 4 is 30.5 Å². The van der Waals surface area contributed by atoms with Gasteiger partial charge in [-0.05, 0) is 61.0 Å². The molecule has 0 spiro atoms. The molecule has 0 aliphatic rings. The molecule has 0 saturated heterocycles. The molecule has 154 valence electrons. The maximum atomic E-state index is 13.1. The number of nitrogens with zero attached hydrogens (tertiary/aromatic N) is 2. The van der Waals surface area contributed by atoms with Gasteiger partial charge in [0.05, 0.1) is 28.7 Å². The molecule has 0 heterocycles. The molecule has 0 aliphatic carbocycles. The molecule has 0 aliphatic heterocycles. The molecule has 0 aromatic heterocycles. The third-order valence-corrected chi connectivity index (χ3v) is 5.94. The molecular formula is C21H20N3O5P. The fraction of sp³-hybridized carbons (Fsp3) is 0.0952. The fourth-order valence-electron chi connectivity index (χ4n) is 2.53. The Morgan fingerprint density at radius 2 is 1.70 bits per heavy atom. The number of benzene rings is 3. The largest absolute Gasteiger partial charge is 0.421 e. The smallest absolute Gasteiger partial charge is 0.410 e. The van der Waals surface area contributed by atoms with Crippen LogP contribution in [-0.4, -0.2) is 17.7 Å². The summed E-state index contributed by atoms with van der Waals surface area (Å²) >= 11 is 0. The summed E-state index contributed by atoms with van der Waals surface area (Å²) in [5.41, 5.74) is 4.22. The molecule has 3 aromatic carbocycles. The highest BCUT2D eigenvalue weighted by Gasteiger charge is 2.28. The van der Waals surface area contributed by atoms with Crippen molar-refractivity contribution in [3.05, 3.63) is 94.5 Å². The first kappa shape index (κ1) is 21.2. The van der Waals surface area contributed by atoms with E-state index in [1.165, 1.54) is 12.1 Å². The van der Waals surface area contributed by atoms with Crippen LogP contribution in [0.4, 0.5) is 11.4 Å². The number of rotatable bonds is 9. The Morgan fingerprint density at radius 1 is 1.03 bits per heavy atom. The molecular weight excluding hydrogens is 405 g/mol. The van der Waals surface area contributed by atoms with E-state index in [2.05, 4.69) is 10.5 Å². The van der Waals surface area contributed by atoms with Gasteiger partial charge in [-0.25, -0.2) is 4.57 Å². The molecule has 1 unspecified atom stereocenters. The molecule has 8 nitrogen and oxygen atoms in total. The first-order chi connectivity index (χ1) is 14.5. The summed E-state index contributed by atoms with van der Waals surface area (Å²) in [6.45, 7) is 2.02. The molecule has 0 radical (unpaired) electrons.